The maximum Gasteiger partial charge on any atom is 0.199 e. The molecule has 0 saturated carbocycles. The van der Waals surface area contributed by atoms with Gasteiger partial charge in [-0.25, -0.2) is 15.8 Å². The molecule has 2 aromatic heterocycles. The lowest BCUT2D eigenvalue weighted by atomic mass is 10.1. The van der Waals surface area contributed by atoms with Crippen LogP contribution in [0.5, 0.6) is 0 Å². The molecule has 2 heterocycles. The van der Waals surface area contributed by atoms with E-state index in [0.29, 0.717) is 17.4 Å². The molecule has 6 heteroatoms. The van der Waals surface area contributed by atoms with E-state index in [1.807, 2.05) is 6.07 Å². The van der Waals surface area contributed by atoms with Crippen molar-refractivity contribution < 1.29 is 4.42 Å². The molecule has 0 radical (unpaired) electrons. The van der Waals surface area contributed by atoms with E-state index >= 15 is 0 Å². The van der Waals surface area contributed by atoms with Gasteiger partial charge in [0.25, 0.3) is 0 Å². The molecule has 0 aliphatic heterocycles. The summed E-state index contributed by atoms with van der Waals surface area (Å²) in [4.78, 5) is 9.13. The lowest BCUT2D eigenvalue weighted by Crippen LogP contribution is -2.14. The van der Waals surface area contributed by atoms with E-state index in [-0.39, 0.29) is 0 Å². The van der Waals surface area contributed by atoms with Crippen molar-refractivity contribution in [1.29, 1.82) is 0 Å². The van der Waals surface area contributed by atoms with E-state index in [1.54, 1.807) is 6.26 Å². The highest BCUT2D eigenvalue weighted by Gasteiger charge is 2.19. The zero-order chi connectivity index (χ0) is 13.2. The molecule has 100 valence electrons. The van der Waals surface area contributed by atoms with Gasteiger partial charge in [0.2, 0.25) is 0 Å². The van der Waals surface area contributed by atoms with Gasteiger partial charge in [0.15, 0.2) is 11.6 Å². The molecule has 0 spiro atoms. The third-order valence-electron chi connectivity index (χ3n) is 3.39. The normalized spacial score (nSPS) is 14.8. The second-order valence-electron chi connectivity index (χ2n) is 4.62. The maximum absolute atomic E-state index is 5.60. The second-order valence-corrected chi connectivity index (χ2v) is 5.48. The van der Waals surface area contributed by atoms with Gasteiger partial charge >= 0.3 is 0 Å². The van der Waals surface area contributed by atoms with Gasteiger partial charge in [0.1, 0.15) is 5.82 Å². The van der Waals surface area contributed by atoms with Gasteiger partial charge in [0.05, 0.1) is 10.7 Å². The monoisotopic (exact) mass is 322 g/mol. The molecule has 0 aromatic carbocycles. The first-order valence-electron chi connectivity index (χ1n) is 6.39. The number of rotatable bonds is 2. The van der Waals surface area contributed by atoms with Gasteiger partial charge in [-0.05, 0) is 47.7 Å². The highest BCUT2D eigenvalue weighted by molar-refractivity contribution is 9.10. The summed E-state index contributed by atoms with van der Waals surface area (Å²) >= 11 is 3.44. The van der Waals surface area contributed by atoms with Crippen LogP contribution in [-0.4, -0.2) is 9.97 Å². The average Bonchev–Trinajstić information content (AvgIpc) is 2.71. The van der Waals surface area contributed by atoms with Crippen LogP contribution in [0, 0.1) is 0 Å². The Balaban J connectivity index is 2.13. The highest BCUT2D eigenvalue weighted by atomic mass is 79.9. The first-order valence-corrected chi connectivity index (χ1v) is 7.18. The van der Waals surface area contributed by atoms with Crippen molar-refractivity contribution in [2.45, 2.75) is 32.1 Å². The number of halogens is 1. The number of fused-ring (bicyclic) bond motifs is 1. The van der Waals surface area contributed by atoms with Crippen LogP contribution in [0.2, 0.25) is 0 Å². The summed E-state index contributed by atoms with van der Waals surface area (Å²) < 4.78 is 6.28. The standard InChI is InChI=1S/C13H15BrN4O/c14-9-6-7-19-11(9)13-16-10-5-3-1-2-4-8(10)12(17-13)18-15/h6-7H,1-5,15H2,(H,16,17,18). The zero-order valence-corrected chi connectivity index (χ0v) is 12.0. The molecule has 0 fully saturated rings. The highest BCUT2D eigenvalue weighted by Crippen LogP contribution is 2.31. The van der Waals surface area contributed by atoms with Crippen molar-refractivity contribution in [3.05, 3.63) is 28.1 Å². The molecule has 0 unspecified atom stereocenters. The SMILES string of the molecule is NNc1nc(-c2occc2Br)nc2c1CCCCC2. The smallest absolute Gasteiger partial charge is 0.199 e. The fourth-order valence-electron chi connectivity index (χ4n) is 2.45. The molecule has 1 aliphatic carbocycles. The minimum Gasteiger partial charge on any atom is -0.460 e. The number of aromatic nitrogens is 2. The number of nitrogens with two attached hydrogens (primary N) is 1. The number of aryl methyl sites for hydroxylation is 1. The van der Waals surface area contributed by atoms with Gasteiger partial charge in [-0.15, -0.1) is 0 Å². The number of hydrogen-bond acceptors (Lipinski definition) is 5. The predicted octanol–water partition coefficient (Wildman–Crippen LogP) is 3.05. The van der Waals surface area contributed by atoms with Gasteiger partial charge in [0, 0.05) is 11.3 Å². The Morgan fingerprint density at radius 1 is 1.21 bits per heavy atom. The molecule has 1 aliphatic rings. The average molecular weight is 323 g/mol. The number of furan rings is 1. The molecule has 19 heavy (non-hydrogen) atoms. The second kappa shape index (κ2) is 5.30. The number of hydrazine groups is 1. The first kappa shape index (κ1) is 12.6. The summed E-state index contributed by atoms with van der Waals surface area (Å²) in [5.74, 6) is 7.53. The van der Waals surface area contributed by atoms with Crippen molar-refractivity contribution >= 4 is 21.7 Å². The van der Waals surface area contributed by atoms with Crippen LogP contribution in [0.25, 0.3) is 11.6 Å². The summed E-state index contributed by atoms with van der Waals surface area (Å²) in [5, 5.41) is 0. The first-order chi connectivity index (χ1) is 9.29. The summed E-state index contributed by atoms with van der Waals surface area (Å²) in [6, 6.07) is 1.83. The van der Waals surface area contributed by atoms with E-state index in [2.05, 4.69) is 31.3 Å². The quantitative estimate of drug-likeness (QED) is 0.505. The molecule has 3 N–H and O–H groups in total. The Labute approximate surface area is 119 Å². The van der Waals surface area contributed by atoms with Crippen LogP contribution in [0.4, 0.5) is 5.82 Å². The fraction of sp³-hybridized carbons (Fsp3) is 0.385. The Bertz CT molecular complexity index is 596. The zero-order valence-electron chi connectivity index (χ0n) is 10.4. The summed E-state index contributed by atoms with van der Waals surface area (Å²) in [5.41, 5.74) is 4.92. The number of nitrogens with one attached hydrogen (secondary N) is 1. The minimum absolute atomic E-state index is 0.575. The molecule has 0 atom stereocenters. The summed E-state index contributed by atoms with van der Waals surface area (Å²) in [7, 11) is 0. The minimum atomic E-state index is 0.575. The van der Waals surface area contributed by atoms with Crippen LogP contribution < -0.4 is 11.3 Å². The van der Waals surface area contributed by atoms with Crippen LogP contribution in [0.3, 0.4) is 0 Å². The number of nitrogens with zero attached hydrogens (tertiary/aromatic N) is 2. The Hall–Kier alpha value is -1.40. The van der Waals surface area contributed by atoms with Crippen molar-refractivity contribution in [3.63, 3.8) is 0 Å². The topological polar surface area (TPSA) is 77.0 Å². The molecule has 5 nitrogen and oxygen atoms in total. The maximum atomic E-state index is 5.60. The van der Waals surface area contributed by atoms with Gasteiger partial charge < -0.3 is 9.84 Å². The molecular weight excluding hydrogens is 308 g/mol. The largest absolute Gasteiger partial charge is 0.460 e. The number of hydrogen-bond donors (Lipinski definition) is 2. The molecule has 2 aromatic rings. The van der Waals surface area contributed by atoms with Gasteiger partial charge in [-0.3, -0.25) is 0 Å². The van der Waals surface area contributed by atoms with Gasteiger partial charge in [-0.2, -0.15) is 0 Å². The van der Waals surface area contributed by atoms with Crippen LogP contribution >= 0.6 is 15.9 Å². The van der Waals surface area contributed by atoms with E-state index in [9.17, 15) is 0 Å². The van der Waals surface area contributed by atoms with Gasteiger partial charge in [-0.1, -0.05) is 6.42 Å². The van der Waals surface area contributed by atoms with Crippen molar-refractivity contribution in [1.82, 2.24) is 9.97 Å². The third kappa shape index (κ3) is 2.37. The van der Waals surface area contributed by atoms with Crippen molar-refractivity contribution in [2.24, 2.45) is 5.84 Å². The fourth-order valence-corrected chi connectivity index (χ4v) is 2.82. The van der Waals surface area contributed by atoms with E-state index in [4.69, 9.17) is 10.3 Å². The Morgan fingerprint density at radius 3 is 2.79 bits per heavy atom. The van der Waals surface area contributed by atoms with Crippen molar-refractivity contribution in [3.8, 4) is 11.6 Å². The third-order valence-corrected chi connectivity index (χ3v) is 4.01. The summed E-state index contributed by atoms with van der Waals surface area (Å²) in [6.07, 6.45) is 7.11. The lowest BCUT2D eigenvalue weighted by Gasteiger charge is -2.11. The van der Waals surface area contributed by atoms with E-state index in [1.165, 1.54) is 6.42 Å². The molecule has 0 saturated heterocycles. The van der Waals surface area contributed by atoms with Crippen LogP contribution in [0.15, 0.2) is 21.2 Å². The van der Waals surface area contributed by atoms with Crippen LogP contribution in [0.1, 0.15) is 30.5 Å². The number of anilines is 1. The van der Waals surface area contributed by atoms with E-state index in [0.717, 1.165) is 41.4 Å². The molecular formula is C13H15BrN4O. The van der Waals surface area contributed by atoms with E-state index < -0.39 is 0 Å². The van der Waals surface area contributed by atoms with Crippen LogP contribution in [-0.2, 0) is 12.8 Å². The Kier molecular flexibility index (Phi) is 3.52. The molecule has 0 bridgehead atoms. The Morgan fingerprint density at radius 2 is 2.05 bits per heavy atom. The molecule has 0 amide bonds. The summed E-state index contributed by atoms with van der Waals surface area (Å²) in [6.45, 7) is 0. The van der Waals surface area contributed by atoms with Crippen molar-refractivity contribution in [2.75, 3.05) is 5.43 Å². The molecule has 3 rings (SSSR count). The number of nitrogen functional groups attached to an aromatic ring is 1. The predicted molar refractivity (Wildman–Crippen MR) is 76.5 cm³/mol. The lowest BCUT2D eigenvalue weighted by molar-refractivity contribution is 0.575.